The van der Waals surface area contributed by atoms with Gasteiger partial charge in [-0.1, -0.05) is 56.4 Å². The lowest BCUT2D eigenvalue weighted by molar-refractivity contribution is -0.119. The van der Waals surface area contributed by atoms with Crippen LogP contribution in [0, 0.1) is 5.92 Å². The van der Waals surface area contributed by atoms with Crippen molar-refractivity contribution in [3.63, 3.8) is 0 Å². The predicted molar refractivity (Wildman–Crippen MR) is 153 cm³/mol. The lowest BCUT2D eigenvalue weighted by Gasteiger charge is -2.25. The Bertz CT molecular complexity index is 1090. The van der Waals surface area contributed by atoms with Crippen LogP contribution < -0.4 is 0 Å². The normalized spacial score (nSPS) is 20.1. The van der Waals surface area contributed by atoms with Crippen LogP contribution in [0.25, 0.3) is 6.08 Å². The van der Waals surface area contributed by atoms with Gasteiger partial charge in [0.25, 0.3) is 0 Å². The van der Waals surface area contributed by atoms with Crippen molar-refractivity contribution >= 4 is 23.6 Å². The molecule has 2 aliphatic carbocycles. The largest absolute Gasteiger partial charge is 0.446 e. The second-order valence-electron chi connectivity index (χ2n) is 11.2. The van der Waals surface area contributed by atoms with Crippen LogP contribution in [0.4, 0.5) is 13.2 Å². The Labute approximate surface area is 235 Å². The van der Waals surface area contributed by atoms with Gasteiger partial charge < -0.3 is 0 Å². The molecule has 0 bridgehead atoms. The van der Waals surface area contributed by atoms with Crippen LogP contribution in [0.2, 0.25) is 0 Å². The van der Waals surface area contributed by atoms with E-state index in [0.717, 1.165) is 50.5 Å². The number of alkyl halides is 3. The highest BCUT2D eigenvalue weighted by Gasteiger charge is 2.29. The molecule has 1 heterocycles. The Morgan fingerprint density at radius 3 is 2.56 bits per heavy atom. The van der Waals surface area contributed by atoms with Gasteiger partial charge in [-0.25, -0.2) is 9.97 Å². The zero-order chi connectivity index (χ0) is 27.5. The van der Waals surface area contributed by atoms with Crippen molar-refractivity contribution in [2.24, 2.45) is 5.92 Å². The number of carbonyl (C=O) groups is 1. The molecule has 0 saturated heterocycles. The Morgan fingerprint density at radius 2 is 1.77 bits per heavy atom. The molecule has 2 aromatic rings. The molecule has 2 aliphatic rings. The number of fused-ring (bicyclic) bond motifs is 1. The summed E-state index contributed by atoms with van der Waals surface area (Å²) in [6.07, 6.45) is 22.5. The summed E-state index contributed by atoms with van der Waals surface area (Å²) in [4.78, 5) is 22.0. The number of thioether (sulfide) groups is 1. The van der Waals surface area contributed by atoms with Gasteiger partial charge in [0.15, 0.2) is 0 Å². The summed E-state index contributed by atoms with van der Waals surface area (Å²) < 4.78 is 37.8. The van der Waals surface area contributed by atoms with Crippen molar-refractivity contribution in [1.29, 1.82) is 0 Å². The first kappa shape index (κ1) is 29.8. The fourth-order valence-electron chi connectivity index (χ4n) is 6.16. The zero-order valence-corrected chi connectivity index (χ0v) is 23.7. The predicted octanol–water partition coefficient (Wildman–Crippen LogP) is 9.64. The number of hydrogen-bond donors (Lipinski definition) is 0. The molecule has 7 heteroatoms. The van der Waals surface area contributed by atoms with Crippen molar-refractivity contribution in [2.45, 2.75) is 119 Å². The fraction of sp³-hybridized carbons (Fsp3) is 0.594. The second kappa shape index (κ2) is 15.0. The van der Waals surface area contributed by atoms with Gasteiger partial charge in [-0.2, -0.15) is 13.2 Å². The van der Waals surface area contributed by atoms with E-state index in [4.69, 9.17) is 4.98 Å². The SMILES string of the molecule is O=C(CCCCc1cccc(SC(F)(F)F)c1)CCCC1CCCC(c2ncnc3c2C=CCCC3)CCC1. The van der Waals surface area contributed by atoms with E-state index in [1.54, 1.807) is 18.5 Å². The molecule has 0 atom stereocenters. The van der Waals surface area contributed by atoms with Crippen LogP contribution in [0.3, 0.4) is 0 Å². The Hall–Kier alpha value is -2.15. The lowest BCUT2D eigenvalue weighted by Crippen LogP contribution is -2.12. The van der Waals surface area contributed by atoms with Gasteiger partial charge >= 0.3 is 5.51 Å². The molecule has 0 N–H and O–H groups in total. The zero-order valence-electron chi connectivity index (χ0n) is 22.9. The minimum atomic E-state index is -4.27. The molecule has 1 fully saturated rings. The van der Waals surface area contributed by atoms with Gasteiger partial charge in [0.05, 0.1) is 11.4 Å². The molecule has 1 aromatic heterocycles. The number of ketones is 1. The minimum Gasteiger partial charge on any atom is -0.300 e. The van der Waals surface area contributed by atoms with Crippen LogP contribution in [0.5, 0.6) is 0 Å². The Kier molecular flexibility index (Phi) is 11.5. The summed E-state index contributed by atoms with van der Waals surface area (Å²) in [6.45, 7) is 0. The third kappa shape index (κ3) is 10.1. The summed E-state index contributed by atoms with van der Waals surface area (Å²) in [5.74, 6) is 1.56. The quantitative estimate of drug-likeness (QED) is 0.203. The average molecular weight is 559 g/mol. The van der Waals surface area contributed by atoms with Crippen molar-refractivity contribution in [1.82, 2.24) is 9.97 Å². The number of nitrogens with zero attached hydrogens (tertiary/aromatic N) is 2. The molecule has 39 heavy (non-hydrogen) atoms. The molecule has 212 valence electrons. The van der Waals surface area contributed by atoms with Gasteiger partial charge in [0.2, 0.25) is 0 Å². The van der Waals surface area contributed by atoms with E-state index in [0.29, 0.717) is 36.9 Å². The Morgan fingerprint density at radius 1 is 0.974 bits per heavy atom. The molecular weight excluding hydrogens is 517 g/mol. The number of aryl methyl sites for hydroxylation is 2. The van der Waals surface area contributed by atoms with E-state index in [1.165, 1.54) is 61.5 Å². The average Bonchev–Trinajstić information content (AvgIpc) is 3.13. The first-order valence-electron chi connectivity index (χ1n) is 14.7. The van der Waals surface area contributed by atoms with E-state index >= 15 is 0 Å². The van der Waals surface area contributed by atoms with Gasteiger partial charge in [0, 0.05) is 29.2 Å². The third-order valence-corrected chi connectivity index (χ3v) is 8.87. The summed E-state index contributed by atoms with van der Waals surface area (Å²) in [7, 11) is 0. The van der Waals surface area contributed by atoms with Crippen molar-refractivity contribution < 1.29 is 18.0 Å². The number of unbranched alkanes of at least 4 members (excludes halogenated alkanes) is 1. The van der Waals surface area contributed by atoms with Gasteiger partial charge in [0.1, 0.15) is 12.1 Å². The lowest BCUT2D eigenvalue weighted by atomic mass is 9.81. The summed E-state index contributed by atoms with van der Waals surface area (Å²) >= 11 is -0.0749. The highest BCUT2D eigenvalue weighted by atomic mass is 32.2. The van der Waals surface area contributed by atoms with Crippen molar-refractivity contribution in [2.75, 3.05) is 0 Å². The summed E-state index contributed by atoms with van der Waals surface area (Å²) in [6, 6.07) is 6.63. The van der Waals surface area contributed by atoms with Crippen LogP contribution in [-0.2, 0) is 17.6 Å². The molecule has 4 rings (SSSR count). The summed E-state index contributed by atoms with van der Waals surface area (Å²) in [5, 5.41) is 0. The number of halogens is 3. The number of hydrogen-bond acceptors (Lipinski definition) is 4. The molecule has 0 amide bonds. The van der Waals surface area contributed by atoms with Gasteiger partial charge in [-0.3, -0.25) is 4.79 Å². The highest BCUT2D eigenvalue weighted by molar-refractivity contribution is 8.00. The number of Topliss-reactive ketones (excluding diaryl/α,β-unsaturated/α-hetero) is 1. The topological polar surface area (TPSA) is 42.9 Å². The third-order valence-electron chi connectivity index (χ3n) is 8.15. The fourth-order valence-corrected chi connectivity index (χ4v) is 6.79. The van der Waals surface area contributed by atoms with E-state index in [1.807, 2.05) is 6.07 Å². The first-order valence-corrected chi connectivity index (χ1v) is 15.6. The molecular formula is C32H41F3N2OS. The summed E-state index contributed by atoms with van der Waals surface area (Å²) in [5.41, 5.74) is 0.389. The first-order chi connectivity index (χ1) is 18.9. The van der Waals surface area contributed by atoms with Gasteiger partial charge in [-0.05, 0) is 93.2 Å². The standard InChI is InChI=1S/C32H41F3N2OS/c33-32(34,35)39-28-19-9-14-25(22-28)10-4-5-17-27(38)18-8-13-24-11-6-15-26(16-7-12-24)31-29-20-2-1-3-21-30(29)36-23-37-31/h2,9,14,19-20,22-24,26H,1,3-8,10-13,15-18,21H2. The minimum absolute atomic E-state index is 0.0749. The van der Waals surface area contributed by atoms with Crippen LogP contribution in [0.1, 0.15) is 118 Å². The molecule has 1 saturated carbocycles. The monoisotopic (exact) mass is 558 g/mol. The molecule has 3 nitrogen and oxygen atoms in total. The number of aromatic nitrogens is 2. The van der Waals surface area contributed by atoms with Crippen LogP contribution in [-0.4, -0.2) is 21.3 Å². The van der Waals surface area contributed by atoms with E-state index in [-0.39, 0.29) is 16.7 Å². The molecule has 0 radical (unpaired) electrons. The van der Waals surface area contributed by atoms with E-state index < -0.39 is 5.51 Å². The molecule has 0 unspecified atom stereocenters. The molecule has 0 aliphatic heterocycles. The number of rotatable bonds is 11. The van der Waals surface area contributed by atoms with E-state index in [2.05, 4.69) is 17.1 Å². The van der Waals surface area contributed by atoms with Crippen molar-refractivity contribution in [3.05, 3.63) is 59.2 Å². The van der Waals surface area contributed by atoms with Crippen LogP contribution >= 0.6 is 11.8 Å². The number of carbonyl (C=O) groups excluding carboxylic acids is 1. The van der Waals surface area contributed by atoms with Crippen molar-refractivity contribution in [3.8, 4) is 0 Å². The van der Waals surface area contributed by atoms with E-state index in [9.17, 15) is 18.0 Å². The number of benzene rings is 1. The van der Waals surface area contributed by atoms with Crippen LogP contribution in [0.15, 0.2) is 41.6 Å². The second-order valence-corrected chi connectivity index (χ2v) is 12.3. The van der Waals surface area contributed by atoms with Gasteiger partial charge in [-0.15, -0.1) is 0 Å². The maximum atomic E-state index is 12.6. The molecule has 1 aromatic carbocycles. The highest BCUT2D eigenvalue weighted by Crippen LogP contribution is 2.38. The maximum Gasteiger partial charge on any atom is 0.446 e. The number of allylic oxidation sites excluding steroid dienone is 1. The molecule has 0 spiro atoms. The maximum absolute atomic E-state index is 12.6. The Balaban J connectivity index is 1.11. The smallest absolute Gasteiger partial charge is 0.300 e.